The molecule has 0 unspecified atom stereocenters. The maximum Gasteiger partial charge on any atom is 0.117 e. The van der Waals surface area contributed by atoms with Gasteiger partial charge in [-0.15, -0.1) is 0 Å². The second-order valence-corrected chi connectivity index (χ2v) is 10.4. The number of rotatable bonds is 6. The van der Waals surface area contributed by atoms with E-state index in [1.165, 1.54) is 49.7 Å². The summed E-state index contributed by atoms with van der Waals surface area (Å²) in [5.41, 5.74) is 6.15. The van der Waals surface area contributed by atoms with E-state index in [9.17, 15) is 0 Å². The molecule has 1 heterocycles. The first-order chi connectivity index (χ1) is 15.2. The van der Waals surface area contributed by atoms with Crippen LogP contribution in [-0.4, -0.2) is 20.5 Å². The Morgan fingerprint density at radius 1 is 0.871 bits per heavy atom. The quantitative estimate of drug-likeness (QED) is 0.593. The third kappa shape index (κ3) is 3.71. The van der Waals surface area contributed by atoms with Crippen LogP contribution in [0.4, 0.5) is 0 Å². The fourth-order valence-electron chi connectivity index (χ4n) is 6.93. The van der Waals surface area contributed by atoms with Gasteiger partial charge in [0.2, 0.25) is 0 Å². The van der Waals surface area contributed by atoms with Gasteiger partial charge in [-0.05, 0) is 74.3 Å². The summed E-state index contributed by atoms with van der Waals surface area (Å²) in [6, 6.07) is 19.1. The summed E-state index contributed by atoms with van der Waals surface area (Å²) < 4.78 is 0. The van der Waals surface area contributed by atoms with Gasteiger partial charge in [-0.2, -0.15) is 15.0 Å². The topological polar surface area (TPSA) is 42.7 Å². The van der Waals surface area contributed by atoms with E-state index >= 15 is 0 Å². The van der Waals surface area contributed by atoms with Crippen molar-refractivity contribution >= 4 is 0 Å². The maximum atomic E-state index is 4.98. The van der Waals surface area contributed by atoms with Crippen molar-refractivity contribution in [2.24, 2.45) is 17.8 Å². The van der Waals surface area contributed by atoms with Crippen LogP contribution in [0.25, 0.3) is 11.3 Å². The summed E-state index contributed by atoms with van der Waals surface area (Å²) in [5.74, 6) is 2.84. The van der Waals surface area contributed by atoms with Crippen LogP contribution in [0.1, 0.15) is 55.3 Å². The number of nitrogens with one attached hydrogen (secondary N) is 1. The summed E-state index contributed by atoms with van der Waals surface area (Å²) in [6.07, 6.45) is 8.50. The predicted molar refractivity (Wildman–Crippen MR) is 123 cm³/mol. The van der Waals surface area contributed by atoms with Gasteiger partial charge < -0.3 is 5.32 Å². The molecule has 0 aliphatic heterocycles. The van der Waals surface area contributed by atoms with Crippen molar-refractivity contribution in [3.05, 3.63) is 71.4 Å². The Balaban J connectivity index is 1.28. The van der Waals surface area contributed by atoms with Crippen molar-refractivity contribution in [2.75, 3.05) is 0 Å². The molecule has 4 aliphatic carbocycles. The Labute approximate surface area is 185 Å². The third-order valence-electron chi connectivity index (χ3n) is 8.01. The van der Waals surface area contributed by atoms with E-state index in [2.05, 4.69) is 66.8 Å². The molecule has 0 radical (unpaired) electrons. The number of benzene rings is 2. The smallest absolute Gasteiger partial charge is 0.117 e. The van der Waals surface area contributed by atoms with E-state index in [0.29, 0.717) is 12.1 Å². The van der Waals surface area contributed by atoms with E-state index in [0.717, 1.165) is 41.2 Å². The Hall–Kier alpha value is -2.46. The van der Waals surface area contributed by atoms with Crippen molar-refractivity contribution in [1.82, 2.24) is 20.3 Å². The van der Waals surface area contributed by atoms with Gasteiger partial charge in [0.1, 0.15) is 11.4 Å². The summed E-state index contributed by atoms with van der Waals surface area (Å²) in [6.45, 7) is 3.68. The maximum absolute atomic E-state index is 4.98. The molecule has 0 atom stereocenters. The molecule has 4 saturated carbocycles. The SMILES string of the molecule is Cc1ccccc1Cn1nc(CNC23CC4CC(CC(C4)C2)C3)c(-c2ccccc2)n1. The third-order valence-corrected chi connectivity index (χ3v) is 8.01. The van der Waals surface area contributed by atoms with Gasteiger partial charge in [0.05, 0.1) is 6.54 Å². The first-order valence-corrected chi connectivity index (χ1v) is 11.9. The lowest BCUT2D eigenvalue weighted by Crippen LogP contribution is -2.58. The zero-order valence-corrected chi connectivity index (χ0v) is 18.4. The molecular weight excluding hydrogens is 380 g/mol. The highest BCUT2D eigenvalue weighted by Crippen LogP contribution is 2.55. The summed E-state index contributed by atoms with van der Waals surface area (Å²) in [4.78, 5) is 1.89. The van der Waals surface area contributed by atoms with Gasteiger partial charge in [-0.1, -0.05) is 54.6 Å². The van der Waals surface area contributed by atoms with Gasteiger partial charge in [0.15, 0.2) is 0 Å². The van der Waals surface area contributed by atoms with Gasteiger partial charge >= 0.3 is 0 Å². The number of hydrogen-bond acceptors (Lipinski definition) is 3. The largest absolute Gasteiger partial charge is 0.305 e. The number of hydrogen-bond donors (Lipinski definition) is 1. The number of aryl methyl sites for hydroxylation is 1. The molecule has 2 aromatic carbocycles. The molecule has 31 heavy (non-hydrogen) atoms. The second kappa shape index (κ2) is 7.59. The Morgan fingerprint density at radius 3 is 2.19 bits per heavy atom. The van der Waals surface area contributed by atoms with E-state index in [-0.39, 0.29) is 0 Å². The van der Waals surface area contributed by atoms with E-state index in [1.807, 2.05) is 4.80 Å². The molecule has 4 nitrogen and oxygen atoms in total. The lowest BCUT2D eigenvalue weighted by atomic mass is 9.53. The average Bonchev–Trinajstić information content (AvgIpc) is 3.17. The van der Waals surface area contributed by atoms with Gasteiger partial charge in [0.25, 0.3) is 0 Å². The number of aromatic nitrogens is 3. The van der Waals surface area contributed by atoms with Gasteiger partial charge in [-0.3, -0.25) is 0 Å². The molecule has 4 fully saturated rings. The monoisotopic (exact) mass is 412 g/mol. The van der Waals surface area contributed by atoms with Crippen LogP contribution in [0.15, 0.2) is 54.6 Å². The van der Waals surface area contributed by atoms with E-state index in [1.54, 1.807) is 0 Å². The minimum absolute atomic E-state index is 0.336. The Kier molecular flexibility index (Phi) is 4.71. The van der Waals surface area contributed by atoms with Crippen LogP contribution in [0, 0.1) is 24.7 Å². The Bertz CT molecular complexity index is 1030. The van der Waals surface area contributed by atoms with Gasteiger partial charge in [0, 0.05) is 17.6 Å². The molecule has 160 valence electrons. The fraction of sp³-hybridized carbons (Fsp3) is 0.481. The summed E-state index contributed by atoms with van der Waals surface area (Å²) in [7, 11) is 0. The van der Waals surface area contributed by atoms with Crippen LogP contribution in [0.3, 0.4) is 0 Å². The molecular formula is C27H32N4. The van der Waals surface area contributed by atoms with Crippen molar-refractivity contribution in [3.63, 3.8) is 0 Å². The lowest BCUT2D eigenvalue weighted by molar-refractivity contribution is -0.0207. The summed E-state index contributed by atoms with van der Waals surface area (Å²) >= 11 is 0. The molecule has 4 heteroatoms. The van der Waals surface area contributed by atoms with Crippen LogP contribution >= 0.6 is 0 Å². The van der Waals surface area contributed by atoms with Crippen molar-refractivity contribution in [1.29, 1.82) is 0 Å². The summed E-state index contributed by atoms with van der Waals surface area (Å²) in [5, 5.41) is 14.0. The van der Waals surface area contributed by atoms with Gasteiger partial charge in [-0.25, -0.2) is 0 Å². The van der Waals surface area contributed by atoms with Crippen molar-refractivity contribution < 1.29 is 0 Å². The molecule has 4 aliphatic rings. The highest BCUT2D eigenvalue weighted by molar-refractivity contribution is 5.61. The molecule has 3 aromatic rings. The molecule has 0 amide bonds. The highest BCUT2D eigenvalue weighted by atomic mass is 15.5. The molecule has 1 aromatic heterocycles. The molecule has 7 rings (SSSR count). The minimum atomic E-state index is 0.336. The number of nitrogens with zero attached hydrogens (tertiary/aromatic N) is 3. The van der Waals surface area contributed by atoms with Crippen LogP contribution < -0.4 is 5.32 Å². The Morgan fingerprint density at radius 2 is 1.52 bits per heavy atom. The van der Waals surface area contributed by atoms with E-state index in [4.69, 9.17) is 10.2 Å². The lowest BCUT2D eigenvalue weighted by Gasteiger charge is -2.57. The molecule has 0 saturated heterocycles. The van der Waals surface area contributed by atoms with Crippen molar-refractivity contribution in [3.8, 4) is 11.3 Å². The normalized spacial score (nSPS) is 28.9. The highest BCUT2D eigenvalue weighted by Gasteiger charge is 2.50. The second-order valence-electron chi connectivity index (χ2n) is 10.4. The van der Waals surface area contributed by atoms with Crippen LogP contribution in [0.5, 0.6) is 0 Å². The fourth-order valence-corrected chi connectivity index (χ4v) is 6.93. The zero-order valence-electron chi connectivity index (χ0n) is 18.4. The average molecular weight is 413 g/mol. The molecule has 4 bridgehead atoms. The van der Waals surface area contributed by atoms with Crippen LogP contribution in [0.2, 0.25) is 0 Å². The molecule has 0 spiro atoms. The minimum Gasteiger partial charge on any atom is -0.305 e. The standard InChI is InChI=1S/C27H32N4/c1-19-7-5-6-10-24(19)18-31-29-25(26(30-31)23-8-3-2-4-9-23)17-28-27-14-20-11-21(15-27)13-22(12-20)16-27/h2-10,20-22,28H,11-18H2,1H3. The van der Waals surface area contributed by atoms with Crippen molar-refractivity contribution in [2.45, 2.75) is 64.1 Å². The van der Waals surface area contributed by atoms with Crippen LogP contribution in [-0.2, 0) is 13.1 Å². The molecule has 1 N–H and O–H groups in total. The first-order valence-electron chi connectivity index (χ1n) is 11.9. The van der Waals surface area contributed by atoms with E-state index < -0.39 is 0 Å². The first kappa shape index (κ1) is 19.2. The predicted octanol–water partition coefficient (Wildman–Crippen LogP) is 5.36. The zero-order chi connectivity index (χ0) is 20.8.